The van der Waals surface area contributed by atoms with Crippen LogP contribution in [0.15, 0.2) is 41.5 Å². The molecule has 0 aliphatic rings. The normalized spacial score (nSPS) is 10.9. The third-order valence-electron chi connectivity index (χ3n) is 4.89. The SMILES string of the molecule is CCCCN(C)C(=O)Cn1cnc2sc(C(=O)OCc3ccccc3)c(C)c2c1=O. The molecule has 30 heavy (non-hydrogen) atoms. The summed E-state index contributed by atoms with van der Waals surface area (Å²) in [5.41, 5.74) is 1.09. The molecule has 158 valence electrons. The fourth-order valence-electron chi connectivity index (χ4n) is 3.04. The van der Waals surface area contributed by atoms with Crippen molar-refractivity contribution in [2.24, 2.45) is 0 Å². The predicted octanol–water partition coefficient (Wildman–Crippen LogP) is 3.38. The van der Waals surface area contributed by atoms with Crippen LogP contribution >= 0.6 is 11.3 Å². The number of likely N-dealkylation sites (N-methyl/N-ethyl adjacent to an activating group) is 1. The van der Waals surface area contributed by atoms with Crippen molar-refractivity contribution in [1.29, 1.82) is 0 Å². The quantitative estimate of drug-likeness (QED) is 0.515. The van der Waals surface area contributed by atoms with E-state index in [0.717, 1.165) is 29.7 Å². The highest BCUT2D eigenvalue weighted by molar-refractivity contribution is 7.20. The summed E-state index contributed by atoms with van der Waals surface area (Å²) in [5.74, 6) is -0.636. The minimum Gasteiger partial charge on any atom is -0.457 e. The van der Waals surface area contributed by atoms with Gasteiger partial charge in [-0.3, -0.25) is 14.2 Å². The van der Waals surface area contributed by atoms with Crippen LogP contribution in [-0.2, 0) is 22.7 Å². The lowest BCUT2D eigenvalue weighted by molar-refractivity contribution is -0.130. The number of hydrogen-bond donors (Lipinski definition) is 0. The molecule has 0 aliphatic carbocycles. The lowest BCUT2D eigenvalue weighted by atomic mass is 10.2. The fourth-order valence-corrected chi connectivity index (χ4v) is 4.07. The Labute approximate surface area is 178 Å². The zero-order chi connectivity index (χ0) is 21.7. The number of aromatic nitrogens is 2. The number of hydrogen-bond acceptors (Lipinski definition) is 6. The van der Waals surface area contributed by atoms with Gasteiger partial charge >= 0.3 is 5.97 Å². The number of amides is 1. The van der Waals surface area contributed by atoms with Crippen LogP contribution in [0.3, 0.4) is 0 Å². The van der Waals surface area contributed by atoms with Gasteiger partial charge in [0.15, 0.2) is 0 Å². The maximum Gasteiger partial charge on any atom is 0.349 e. The van der Waals surface area contributed by atoms with Crippen molar-refractivity contribution < 1.29 is 14.3 Å². The van der Waals surface area contributed by atoms with Gasteiger partial charge in [-0.05, 0) is 24.5 Å². The average Bonchev–Trinajstić information content (AvgIpc) is 3.10. The van der Waals surface area contributed by atoms with Crippen LogP contribution < -0.4 is 5.56 Å². The van der Waals surface area contributed by atoms with Gasteiger partial charge in [-0.1, -0.05) is 43.7 Å². The van der Waals surface area contributed by atoms with Crippen LogP contribution in [0.1, 0.15) is 40.6 Å². The van der Waals surface area contributed by atoms with E-state index in [2.05, 4.69) is 11.9 Å². The molecular weight excluding hydrogens is 402 g/mol. The summed E-state index contributed by atoms with van der Waals surface area (Å²) in [6, 6.07) is 9.40. The first-order valence-corrected chi connectivity index (χ1v) is 10.7. The van der Waals surface area contributed by atoms with E-state index in [1.807, 2.05) is 30.3 Å². The number of ether oxygens (including phenoxy) is 1. The van der Waals surface area contributed by atoms with Gasteiger partial charge in [0, 0.05) is 13.6 Å². The van der Waals surface area contributed by atoms with Gasteiger partial charge in [0.2, 0.25) is 5.91 Å². The molecule has 0 saturated carbocycles. The van der Waals surface area contributed by atoms with Crippen molar-refractivity contribution in [3.63, 3.8) is 0 Å². The summed E-state index contributed by atoms with van der Waals surface area (Å²) in [4.78, 5) is 44.6. The van der Waals surface area contributed by atoms with Gasteiger partial charge in [-0.2, -0.15) is 0 Å². The van der Waals surface area contributed by atoms with E-state index >= 15 is 0 Å². The number of carbonyl (C=O) groups is 2. The van der Waals surface area contributed by atoms with Crippen LogP contribution in [0.25, 0.3) is 10.2 Å². The second-order valence-corrected chi connectivity index (χ2v) is 8.14. The number of rotatable bonds is 8. The molecule has 2 aromatic heterocycles. The third kappa shape index (κ3) is 4.76. The Balaban J connectivity index is 1.80. The Morgan fingerprint density at radius 3 is 2.67 bits per heavy atom. The van der Waals surface area contributed by atoms with Crippen molar-refractivity contribution in [3.05, 3.63) is 63.0 Å². The van der Waals surface area contributed by atoms with Crippen molar-refractivity contribution >= 4 is 33.4 Å². The Hall–Kier alpha value is -3.00. The van der Waals surface area contributed by atoms with E-state index in [-0.39, 0.29) is 24.6 Å². The number of carbonyl (C=O) groups excluding carboxylic acids is 2. The number of benzene rings is 1. The van der Waals surface area contributed by atoms with Gasteiger partial charge in [-0.15, -0.1) is 11.3 Å². The predicted molar refractivity (Wildman–Crippen MR) is 117 cm³/mol. The zero-order valence-electron chi connectivity index (χ0n) is 17.4. The molecule has 0 aliphatic heterocycles. The first-order chi connectivity index (χ1) is 14.4. The van der Waals surface area contributed by atoms with Crippen molar-refractivity contribution in [2.45, 2.75) is 39.8 Å². The summed E-state index contributed by atoms with van der Waals surface area (Å²) < 4.78 is 6.70. The molecule has 0 saturated heterocycles. The molecular formula is C22H25N3O4S. The van der Waals surface area contributed by atoms with E-state index < -0.39 is 5.97 Å². The van der Waals surface area contributed by atoms with Crippen LogP contribution in [0.5, 0.6) is 0 Å². The Bertz CT molecular complexity index is 1100. The van der Waals surface area contributed by atoms with Gasteiger partial charge in [0.1, 0.15) is 22.9 Å². The highest BCUT2D eigenvalue weighted by Crippen LogP contribution is 2.27. The van der Waals surface area contributed by atoms with Gasteiger partial charge in [0.05, 0.1) is 11.7 Å². The van der Waals surface area contributed by atoms with Crippen LogP contribution in [0, 0.1) is 6.92 Å². The highest BCUT2D eigenvalue weighted by Gasteiger charge is 2.21. The summed E-state index contributed by atoms with van der Waals surface area (Å²) in [7, 11) is 1.73. The first kappa shape index (κ1) is 21.7. The molecule has 2 heterocycles. The number of thiophene rings is 1. The lowest BCUT2D eigenvalue weighted by Gasteiger charge is -2.17. The molecule has 0 bridgehead atoms. The van der Waals surface area contributed by atoms with Gasteiger partial charge in [-0.25, -0.2) is 9.78 Å². The first-order valence-electron chi connectivity index (χ1n) is 9.86. The molecule has 0 radical (unpaired) electrons. The summed E-state index contributed by atoms with van der Waals surface area (Å²) in [6.07, 6.45) is 3.26. The number of aryl methyl sites for hydroxylation is 1. The van der Waals surface area contributed by atoms with Crippen LogP contribution in [-0.4, -0.2) is 39.9 Å². The molecule has 3 aromatic rings. The second kappa shape index (κ2) is 9.67. The summed E-state index contributed by atoms with van der Waals surface area (Å²) in [5, 5.41) is 0.359. The molecule has 0 N–H and O–H groups in total. The largest absolute Gasteiger partial charge is 0.457 e. The standard InChI is InChI=1S/C22H25N3O4S/c1-4-5-11-24(3)17(26)12-25-14-23-20-18(21(25)27)15(2)19(30-20)22(28)29-13-16-9-7-6-8-10-16/h6-10,14H,4-5,11-13H2,1-3H3. The topological polar surface area (TPSA) is 81.5 Å². The van der Waals surface area contributed by atoms with Gasteiger partial charge in [0.25, 0.3) is 5.56 Å². The van der Waals surface area contributed by atoms with Gasteiger partial charge < -0.3 is 9.64 Å². The number of fused-ring (bicyclic) bond motifs is 1. The minimum absolute atomic E-state index is 0.0783. The Morgan fingerprint density at radius 2 is 1.97 bits per heavy atom. The lowest BCUT2D eigenvalue weighted by Crippen LogP contribution is -2.34. The number of unbranched alkanes of at least 4 members (excludes halogenated alkanes) is 1. The molecule has 1 amide bonds. The number of esters is 1. The minimum atomic E-state index is -0.485. The second-order valence-electron chi connectivity index (χ2n) is 7.14. The fraction of sp³-hybridized carbons (Fsp3) is 0.364. The maximum absolute atomic E-state index is 12.9. The van der Waals surface area contributed by atoms with E-state index in [0.29, 0.717) is 27.2 Å². The van der Waals surface area contributed by atoms with Crippen LogP contribution in [0.4, 0.5) is 0 Å². The molecule has 0 spiro atoms. The summed E-state index contributed by atoms with van der Waals surface area (Å²) in [6.45, 7) is 4.49. The van der Waals surface area contributed by atoms with Crippen molar-refractivity contribution in [1.82, 2.24) is 14.5 Å². The molecule has 0 atom stereocenters. The zero-order valence-corrected chi connectivity index (χ0v) is 18.2. The molecule has 1 aromatic carbocycles. The molecule has 8 heteroatoms. The summed E-state index contributed by atoms with van der Waals surface area (Å²) >= 11 is 1.13. The molecule has 0 unspecified atom stereocenters. The Kier molecular flexibility index (Phi) is 6.99. The number of nitrogens with zero attached hydrogens (tertiary/aromatic N) is 3. The smallest absolute Gasteiger partial charge is 0.349 e. The third-order valence-corrected chi connectivity index (χ3v) is 6.07. The van der Waals surface area contributed by atoms with E-state index in [4.69, 9.17) is 4.74 Å². The average molecular weight is 428 g/mol. The van der Waals surface area contributed by atoms with E-state index in [1.54, 1.807) is 18.9 Å². The molecule has 3 rings (SSSR count). The maximum atomic E-state index is 12.9. The molecule has 7 nitrogen and oxygen atoms in total. The monoisotopic (exact) mass is 427 g/mol. The molecule has 0 fully saturated rings. The Morgan fingerprint density at radius 1 is 1.23 bits per heavy atom. The van der Waals surface area contributed by atoms with E-state index in [9.17, 15) is 14.4 Å². The highest BCUT2D eigenvalue weighted by atomic mass is 32.1. The van der Waals surface area contributed by atoms with Crippen LogP contribution in [0.2, 0.25) is 0 Å². The van der Waals surface area contributed by atoms with E-state index in [1.165, 1.54) is 10.9 Å². The van der Waals surface area contributed by atoms with Crippen molar-refractivity contribution in [2.75, 3.05) is 13.6 Å². The van der Waals surface area contributed by atoms with Crippen molar-refractivity contribution in [3.8, 4) is 0 Å².